The predicted octanol–water partition coefficient (Wildman–Crippen LogP) is 7.11. The monoisotopic (exact) mass is 497 g/mol. The molecule has 0 unspecified atom stereocenters. The summed E-state index contributed by atoms with van der Waals surface area (Å²) in [6.07, 6.45) is 15.0. The summed E-state index contributed by atoms with van der Waals surface area (Å²) in [5, 5.41) is 11.9. The van der Waals surface area contributed by atoms with Gasteiger partial charge in [0.25, 0.3) is 0 Å². The molecule has 0 aliphatic heterocycles. The highest BCUT2D eigenvalue weighted by Crippen LogP contribution is 2.66. The molecule has 0 spiro atoms. The number of fused-ring (bicyclic) bond motifs is 4. The van der Waals surface area contributed by atoms with E-state index in [1.807, 2.05) is 13.0 Å². The predicted molar refractivity (Wildman–Crippen MR) is 150 cm³/mol. The van der Waals surface area contributed by atoms with Crippen LogP contribution in [0.5, 0.6) is 0 Å². The number of rotatable bonds is 3. The zero-order valence-electron chi connectivity index (χ0n) is 23.0. The molecule has 1 N–H and O–H groups in total. The van der Waals surface area contributed by atoms with Crippen LogP contribution in [-0.2, 0) is 4.79 Å². The van der Waals surface area contributed by atoms with Crippen LogP contribution in [0.1, 0.15) is 102 Å². The van der Waals surface area contributed by atoms with Gasteiger partial charge in [-0.3, -0.25) is 4.79 Å². The first-order valence-electron chi connectivity index (χ1n) is 14.8. The van der Waals surface area contributed by atoms with E-state index in [1.165, 1.54) is 54.5 Å². The van der Waals surface area contributed by atoms with Gasteiger partial charge in [0.2, 0.25) is 0 Å². The molecule has 5 aliphatic rings. The third-order valence-corrected chi connectivity index (χ3v) is 11.0. The molecular weight excluding hydrogens is 454 g/mol. The molecule has 196 valence electrons. The lowest BCUT2D eigenvalue weighted by Crippen LogP contribution is -2.51. The van der Waals surface area contributed by atoms with E-state index < -0.39 is 5.60 Å². The summed E-state index contributed by atoms with van der Waals surface area (Å²) in [4.78, 5) is 14.8. The fourth-order valence-corrected chi connectivity index (χ4v) is 9.00. The summed E-state index contributed by atoms with van der Waals surface area (Å²) in [6, 6.07) is 10.0. The Morgan fingerprint density at radius 2 is 1.76 bits per heavy atom. The van der Waals surface area contributed by atoms with E-state index in [0.717, 1.165) is 38.5 Å². The minimum absolute atomic E-state index is 0.224. The highest BCUT2D eigenvalue weighted by Gasteiger charge is 2.62. The molecule has 0 heterocycles. The number of ketones is 1. The maximum absolute atomic E-state index is 12.3. The Labute approximate surface area is 223 Å². The molecule has 1 aromatic carbocycles. The highest BCUT2D eigenvalue weighted by molar-refractivity contribution is 5.93. The van der Waals surface area contributed by atoms with Gasteiger partial charge in [-0.05, 0) is 105 Å². The Bertz CT molecular complexity index is 1190. The van der Waals surface area contributed by atoms with Gasteiger partial charge in [0.05, 0.1) is 0 Å². The number of carbonyl (C=O) groups excluding carboxylic acids is 1. The SMILES string of the molecule is CC#C[C@]1(O)CC[C@H]2[C@@H]3CCC4=CC(=O)CCC4=C3[C@@H](c3ccc(N(C)C4CCCCC4)cc3)C[C@@]21C. The second kappa shape index (κ2) is 9.46. The molecule has 5 aliphatic carbocycles. The molecule has 0 bridgehead atoms. The summed E-state index contributed by atoms with van der Waals surface area (Å²) in [7, 11) is 2.26. The summed E-state index contributed by atoms with van der Waals surface area (Å²) in [6.45, 7) is 4.19. The maximum atomic E-state index is 12.3. The molecule has 5 atom stereocenters. The molecule has 0 radical (unpaired) electrons. The van der Waals surface area contributed by atoms with Crippen LogP contribution in [0.15, 0.2) is 47.1 Å². The van der Waals surface area contributed by atoms with Gasteiger partial charge in [-0.25, -0.2) is 0 Å². The van der Waals surface area contributed by atoms with Crippen LogP contribution in [0.2, 0.25) is 0 Å². The summed E-state index contributed by atoms with van der Waals surface area (Å²) in [5.41, 5.74) is 5.90. The Morgan fingerprint density at radius 1 is 1.00 bits per heavy atom. The Balaban J connectivity index is 1.41. The number of anilines is 1. The van der Waals surface area contributed by atoms with Crippen LogP contribution in [0.25, 0.3) is 0 Å². The van der Waals surface area contributed by atoms with E-state index in [2.05, 4.69) is 55.0 Å². The average Bonchev–Trinajstić information content (AvgIpc) is 3.18. The van der Waals surface area contributed by atoms with Crippen LogP contribution in [0.4, 0.5) is 5.69 Å². The number of aliphatic hydroxyl groups is 1. The second-order valence-corrected chi connectivity index (χ2v) is 12.8. The Hall–Kier alpha value is -2.31. The standard InChI is InChI=1S/C34H43NO2/c1-4-19-34(37)20-18-31-29-16-12-24-21-27(36)15-17-28(24)32(29)30(22-33(31,34)2)23-10-13-26(14-11-23)35(3)25-8-6-5-7-9-25/h10-11,13-14,21,25,29-31,37H,5-9,12,15-18,20,22H2,1-3H3/t29-,30+,31-,33-,34-/m0/s1. The van der Waals surface area contributed by atoms with Gasteiger partial charge in [-0.15, -0.1) is 5.92 Å². The van der Waals surface area contributed by atoms with Crippen molar-refractivity contribution in [2.24, 2.45) is 17.3 Å². The smallest absolute Gasteiger partial charge is 0.156 e. The number of allylic oxidation sites excluding steroid dienone is 4. The Kier molecular flexibility index (Phi) is 6.39. The summed E-state index contributed by atoms with van der Waals surface area (Å²) >= 11 is 0. The van der Waals surface area contributed by atoms with E-state index >= 15 is 0 Å². The Morgan fingerprint density at radius 3 is 2.49 bits per heavy atom. The third kappa shape index (κ3) is 4.02. The van der Waals surface area contributed by atoms with E-state index in [1.54, 1.807) is 5.57 Å². The van der Waals surface area contributed by atoms with Gasteiger partial charge >= 0.3 is 0 Å². The van der Waals surface area contributed by atoms with E-state index in [-0.39, 0.29) is 11.3 Å². The van der Waals surface area contributed by atoms with Crippen molar-refractivity contribution in [2.45, 2.75) is 108 Å². The fraction of sp³-hybridized carbons (Fsp3) is 0.618. The minimum Gasteiger partial charge on any atom is -0.377 e. The summed E-state index contributed by atoms with van der Waals surface area (Å²) in [5.74, 6) is 7.84. The largest absolute Gasteiger partial charge is 0.377 e. The number of hydrogen-bond acceptors (Lipinski definition) is 3. The van der Waals surface area contributed by atoms with E-state index in [9.17, 15) is 9.90 Å². The van der Waals surface area contributed by atoms with Gasteiger partial charge in [0.1, 0.15) is 5.60 Å². The lowest BCUT2D eigenvalue weighted by atomic mass is 9.51. The molecular formula is C34H43NO2. The molecule has 37 heavy (non-hydrogen) atoms. The number of carbonyl (C=O) groups is 1. The lowest BCUT2D eigenvalue weighted by Gasteiger charge is -2.53. The number of nitrogens with zero attached hydrogens (tertiary/aromatic N) is 1. The van der Waals surface area contributed by atoms with Gasteiger partial charge in [-0.1, -0.05) is 49.8 Å². The number of hydrogen-bond donors (Lipinski definition) is 1. The maximum Gasteiger partial charge on any atom is 0.156 e. The van der Waals surface area contributed by atoms with Crippen molar-refractivity contribution < 1.29 is 9.90 Å². The molecule has 3 heteroatoms. The third-order valence-electron chi connectivity index (χ3n) is 11.0. The van der Waals surface area contributed by atoms with Crippen molar-refractivity contribution in [3.8, 4) is 11.8 Å². The van der Waals surface area contributed by atoms with E-state index in [4.69, 9.17) is 0 Å². The first kappa shape index (κ1) is 25.0. The molecule has 3 nitrogen and oxygen atoms in total. The van der Waals surface area contributed by atoms with Crippen LogP contribution >= 0.6 is 0 Å². The van der Waals surface area contributed by atoms with Crippen molar-refractivity contribution in [3.63, 3.8) is 0 Å². The normalized spacial score (nSPS) is 35.6. The van der Waals surface area contributed by atoms with Crippen LogP contribution in [-0.4, -0.2) is 29.6 Å². The van der Waals surface area contributed by atoms with Gasteiger partial charge in [-0.2, -0.15) is 0 Å². The molecule has 0 aromatic heterocycles. The molecule has 3 fully saturated rings. The molecule has 3 saturated carbocycles. The second-order valence-electron chi connectivity index (χ2n) is 12.8. The van der Waals surface area contributed by atoms with Crippen LogP contribution in [0, 0.1) is 29.1 Å². The van der Waals surface area contributed by atoms with Crippen molar-refractivity contribution in [1.29, 1.82) is 0 Å². The average molecular weight is 498 g/mol. The van der Waals surface area contributed by atoms with Crippen LogP contribution in [0.3, 0.4) is 0 Å². The zero-order chi connectivity index (χ0) is 25.8. The lowest BCUT2D eigenvalue weighted by molar-refractivity contribution is -0.114. The van der Waals surface area contributed by atoms with Crippen molar-refractivity contribution >= 4 is 11.5 Å². The van der Waals surface area contributed by atoms with E-state index in [0.29, 0.717) is 30.1 Å². The molecule has 0 saturated heterocycles. The quantitative estimate of drug-likeness (QED) is 0.453. The molecule has 0 amide bonds. The fourth-order valence-electron chi connectivity index (χ4n) is 9.00. The first-order valence-corrected chi connectivity index (χ1v) is 14.8. The topological polar surface area (TPSA) is 40.5 Å². The number of benzene rings is 1. The minimum atomic E-state index is -0.916. The summed E-state index contributed by atoms with van der Waals surface area (Å²) < 4.78 is 0. The first-order chi connectivity index (χ1) is 17.8. The van der Waals surface area contributed by atoms with Gasteiger partial charge in [0, 0.05) is 36.5 Å². The highest BCUT2D eigenvalue weighted by atomic mass is 16.3. The van der Waals surface area contributed by atoms with Crippen LogP contribution < -0.4 is 4.90 Å². The van der Waals surface area contributed by atoms with Gasteiger partial charge in [0.15, 0.2) is 5.78 Å². The molecule has 1 aromatic rings. The molecule has 6 rings (SSSR count). The van der Waals surface area contributed by atoms with Crippen molar-refractivity contribution in [1.82, 2.24) is 0 Å². The van der Waals surface area contributed by atoms with Gasteiger partial charge < -0.3 is 10.0 Å². The van der Waals surface area contributed by atoms with Crippen molar-refractivity contribution in [3.05, 3.63) is 52.6 Å². The zero-order valence-corrected chi connectivity index (χ0v) is 23.0. The van der Waals surface area contributed by atoms with Crippen molar-refractivity contribution in [2.75, 3.05) is 11.9 Å².